The minimum Gasteiger partial charge on any atom is -0.471 e. The third-order valence-corrected chi connectivity index (χ3v) is 4.14. The SMILES string of the molecule is Ic1cocc1-c1cocc1-c1cocc1I. The van der Waals surface area contributed by atoms with Crippen molar-refractivity contribution < 1.29 is 13.3 Å². The van der Waals surface area contributed by atoms with Gasteiger partial charge in [-0.15, -0.1) is 0 Å². The summed E-state index contributed by atoms with van der Waals surface area (Å²) in [5.74, 6) is 0. The van der Waals surface area contributed by atoms with Crippen molar-refractivity contribution in [2.75, 3.05) is 0 Å². The Balaban J connectivity index is 2.19. The van der Waals surface area contributed by atoms with Crippen LogP contribution in [-0.2, 0) is 0 Å². The zero-order chi connectivity index (χ0) is 11.8. The highest BCUT2D eigenvalue weighted by Gasteiger charge is 2.17. The van der Waals surface area contributed by atoms with Gasteiger partial charge in [-0.05, 0) is 45.2 Å². The Morgan fingerprint density at radius 3 is 1.24 bits per heavy atom. The van der Waals surface area contributed by atoms with Gasteiger partial charge in [0.2, 0.25) is 0 Å². The lowest BCUT2D eigenvalue weighted by atomic mass is 10.0. The molecule has 0 aliphatic heterocycles. The van der Waals surface area contributed by atoms with E-state index < -0.39 is 0 Å². The third-order valence-electron chi connectivity index (χ3n) is 2.47. The number of furan rings is 3. The second kappa shape index (κ2) is 4.52. The molecule has 3 aromatic rings. The molecular formula is C12H6I2O3. The molecule has 0 aromatic carbocycles. The maximum Gasteiger partial charge on any atom is 0.104 e. The molecule has 0 saturated heterocycles. The Labute approximate surface area is 124 Å². The molecule has 17 heavy (non-hydrogen) atoms. The van der Waals surface area contributed by atoms with Crippen molar-refractivity contribution in [2.24, 2.45) is 0 Å². The molecule has 0 saturated carbocycles. The van der Waals surface area contributed by atoms with Gasteiger partial charge in [0.15, 0.2) is 0 Å². The van der Waals surface area contributed by atoms with Crippen molar-refractivity contribution in [1.29, 1.82) is 0 Å². The maximum atomic E-state index is 5.31. The molecule has 0 spiro atoms. The van der Waals surface area contributed by atoms with Gasteiger partial charge in [-0.3, -0.25) is 0 Å². The van der Waals surface area contributed by atoms with Gasteiger partial charge in [0.1, 0.15) is 12.5 Å². The van der Waals surface area contributed by atoms with Gasteiger partial charge in [-0.25, -0.2) is 0 Å². The summed E-state index contributed by atoms with van der Waals surface area (Å²) in [5.41, 5.74) is 4.10. The Morgan fingerprint density at radius 1 is 0.529 bits per heavy atom. The monoisotopic (exact) mass is 452 g/mol. The van der Waals surface area contributed by atoms with Crippen molar-refractivity contribution in [2.45, 2.75) is 0 Å². The lowest BCUT2D eigenvalue weighted by Gasteiger charge is -1.98. The van der Waals surface area contributed by atoms with Gasteiger partial charge in [-0.1, -0.05) is 0 Å². The molecule has 3 aromatic heterocycles. The molecule has 3 nitrogen and oxygen atoms in total. The van der Waals surface area contributed by atoms with Crippen LogP contribution in [0.25, 0.3) is 22.3 Å². The van der Waals surface area contributed by atoms with Crippen LogP contribution in [0.4, 0.5) is 0 Å². The van der Waals surface area contributed by atoms with Crippen LogP contribution in [0.15, 0.2) is 50.8 Å². The number of hydrogen-bond donors (Lipinski definition) is 0. The van der Waals surface area contributed by atoms with E-state index in [4.69, 9.17) is 13.3 Å². The molecule has 86 valence electrons. The van der Waals surface area contributed by atoms with Crippen LogP contribution >= 0.6 is 45.2 Å². The largest absolute Gasteiger partial charge is 0.471 e. The van der Waals surface area contributed by atoms with Crippen LogP contribution in [0.5, 0.6) is 0 Å². The summed E-state index contributed by atoms with van der Waals surface area (Å²) >= 11 is 4.48. The van der Waals surface area contributed by atoms with Crippen LogP contribution in [0, 0.1) is 7.14 Å². The first-order valence-electron chi connectivity index (χ1n) is 4.77. The summed E-state index contributed by atoms with van der Waals surface area (Å²) in [5, 5.41) is 0. The summed E-state index contributed by atoms with van der Waals surface area (Å²) in [7, 11) is 0. The fraction of sp³-hybridized carbons (Fsp3) is 0. The van der Waals surface area contributed by atoms with Gasteiger partial charge in [0.05, 0.1) is 32.2 Å². The van der Waals surface area contributed by atoms with Crippen LogP contribution in [0.2, 0.25) is 0 Å². The summed E-state index contributed by atoms with van der Waals surface area (Å²) in [4.78, 5) is 0. The summed E-state index contributed by atoms with van der Waals surface area (Å²) < 4.78 is 17.8. The molecule has 0 N–H and O–H groups in total. The van der Waals surface area contributed by atoms with E-state index in [1.54, 1.807) is 37.6 Å². The molecular weight excluding hydrogens is 446 g/mol. The Kier molecular flexibility index (Phi) is 3.03. The fourth-order valence-electron chi connectivity index (χ4n) is 1.66. The first-order chi connectivity index (χ1) is 8.27. The summed E-state index contributed by atoms with van der Waals surface area (Å²) in [6, 6.07) is 0. The lowest BCUT2D eigenvalue weighted by Crippen LogP contribution is -1.79. The summed E-state index contributed by atoms with van der Waals surface area (Å²) in [6.45, 7) is 0. The van der Waals surface area contributed by atoms with E-state index in [1.807, 2.05) is 0 Å². The Bertz CT molecular complexity index is 593. The van der Waals surface area contributed by atoms with E-state index in [9.17, 15) is 0 Å². The van der Waals surface area contributed by atoms with Crippen LogP contribution in [0.3, 0.4) is 0 Å². The zero-order valence-electron chi connectivity index (χ0n) is 8.44. The predicted octanol–water partition coefficient (Wildman–Crippen LogP) is 5.01. The number of halogens is 2. The van der Waals surface area contributed by atoms with Crippen molar-refractivity contribution in [3.8, 4) is 22.3 Å². The van der Waals surface area contributed by atoms with E-state index in [2.05, 4.69) is 45.2 Å². The van der Waals surface area contributed by atoms with E-state index in [0.717, 1.165) is 29.4 Å². The van der Waals surface area contributed by atoms with Crippen LogP contribution in [0.1, 0.15) is 0 Å². The molecule has 0 amide bonds. The molecule has 5 heteroatoms. The van der Waals surface area contributed by atoms with E-state index >= 15 is 0 Å². The Hall–Kier alpha value is -0.700. The van der Waals surface area contributed by atoms with E-state index in [0.29, 0.717) is 0 Å². The smallest absolute Gasteiger partial charge is 0.104 e. The van der Waals surface area contributed by atoms with Crippen molar-refractivity contribution in [1.82, 2.24) is 0 Å². The van der Waals surface area contributed by atoms with Crippen LogP contribution in [-0.4, -0.2) is 0 Å². The van der Waals surface area contributed by atoms with E-state index in [-0.39, 0.29) is 0 Å². The highest BCUT2D eigenvalue weighted by molar-refractivity contribution is 14.1. The molecule has 0 unspecified atom stereocenters. The molecule has 0 bridgehead atoms. The van der Waals surface area contributed by atoms with Crippen molar-refractivity contribution in [3.63, 3.8) is 0 Å². The molecule has 0 radical (unpaired) electrons. The number of hydrogen-bond acceptors (Lipinski definition) is 3. The molecule has 0 fully saturated rings. The topological polar surface area (TPSA) is 39.4 Å². The highest BCUT2D eigenvalue weighted by Crippen LogP contribution is 2.38. The second-order valence-electron chi connectivity index (χ2n) is 3.47. The van der Waals surface area contributed by atoms with Crippen molar-refractivity contribution >= 4 is 45.2 Å². The zero-order valence-corrected chi connectivity index (χ0v) is 12.8. The van der Waals surface area contributed by atoms with Gasteiger partial charge in [-0.2, -0.15) is 0 Å². The van der Waals surface area contributed by atoms with E-state index in [1.165, 1.54) is 0 Å². The minimum atomic E-state index is 1.02. The van der Waals surface area contributed by atoms with Gasteiger partial charge in [0, 0.05) is 22.3 Å². The highest BCUT2D eigenvalue weighted by atomic mass is 127. The average molecular weight is 452 g/mol. The second-order valence-corrected chi connectivity index (χ2v) is 5.79. The number of rotatable bonds is 2. The summed E-state index contributed by atoms with van der Waals surface area (Å²) in [6.07, 6.45) is 10.3. The first kappa shape index (κ1) is 11.4. The third kappa shape index (κ3) is 1.95. The van der Waals surface area contributed by atoms with Gasteiger partial charge >= 0.3 is 0 Å². The van der Waals surface area contributed by atoms with Crippen molar-refractivity contribution in [3.05, 3.63) is 44.7 Å². The lowest BCUT2D eigenvalue weighted by molar-refractivity contribution is 0.563. The standard InChI is InChI=1S/C12H6I2O3/c13-11-5-16-3-9(11)7-1-15-2-8(7)10-4-17-6-12(10)14/h1-6H. The molecule has 0 aliphatic rings. The molecule has 3 heterocycles. The predicted molar refractivity (Wildman–Crippen MR) is 79.5 cm³/mol. The fourth-order valence-corrected chi connectivity index (χ4v) is 2.79. The normalized spacial score (nSPS) is 10.9. The first-order valence-corrected chi connectivity index (χ1v) is 6.93. The molecule has 3 rings (SSSR count). The Morgan fingerprint density at radius 2 is 0.882 bits per heavy atom. The minimum absolute atomic E-state index is 1.02. The van der Waals surface area contributed by atoms with Crippen LogP contribution < -0.4 is 0 Å². The quantitative estimate of drug-likeness (QED) is 0.514. The average Bonchev–Trinajstić information content (AvgIpc) is 2.97. The molecule has 0 aliphatic carbocycles. The van der Waals surface area contributed by atoms with Gasteiger partial charge < -0.3 is 13.3 Å². The van der Waals surface area contributed by atoms with Gasteiger partial charge in [0.25, 0.3) is 0 Å². The molecule has 0 atom stereocenters. The maximum absolute atomic E-state index is 5.31.